The van der Waals surface area contributed by atoms with Crippen LogP contribution in [0.25, 0.3) is 11.4 Å². The van der Waals surface area contributed by atoms with E-state index in [-0.39, 0.29) is 17.5 Å². The molecule has 0 atom stereocenters. The second kappa shape index (κ2) is 7.61. The maximum atomic E-state index is 13.1. The molecule has 0 amide bonds. The van der Waals surface area contributed by atoms with Crippen LogP contribution in [0.1, 0.15) is 20.8 Å². The van der Waals surface area contributed by atoms with Crippen molar-refractivity contribution in [3.63, 3.8) is 0 Å². The van der Waals surface area contributed by atoms with Crippen LogP contribution in [0.2, 0.25) is 0 Å². The zero-order valence-electron chi connectivity index (χ0n) is 14.0. The summed E-state index contributed by atoms with van der Waals surface area (Å²) in [5.74, 6) is 0.106. The summed E-state index contributed by atoms with van der Waals surface area (Å²) in [5, 5.41) is 8.87. The summed E-state index contributed by atoms with van der Waals surface area (Å²) in [6.45, 7) is 9.68. The van der Waals surface area contributed by atoms with Crippen molar-refractivity contribution in [3.8, 4) is 11.4 Å². The second-order valence-corrected chi connectivity index (χ2v) is 7.03. The topological polar surface area (TPSA) is 57.0 Å². The minimum absolute atomic E-state index is 0.135. The third kappa shape index (κ3) is 4.92. The molecule has 0 saturated carbocycles. The van der Waals surface area contributed by atoms with Gasteiger partial charge in [-0.3, -0.25) is 9.36 Å². The quantitative estimate of drug-likeness (QED) is 0.452. The van der Waals surface area contributed by atoms with Crippen LogP contribution in [-0.2, 0) is 16.1 Å². The van der Waals surface area contributed by atoms with Gasteiger partial charge in [-0.05, 0) is 45.0 Å². The number of aromatic nitrogens is 3. The molecule has 0 saturated heterocycles. The highest BCUT2D eigenvalue weighted by molar-refractivity contribution is 7.99. The molecule has 128 valence electrons. The molecule has 1 aromatic carbocycles. The van der Waals surface area contributed by atoms with Crippen molar-refractivity contribution in [1.82, 2.24) is 14.8 Å². The van der Waals surface area contributed by atoms with Crippen LogP contribution >= 0.6 is 11.8 Å². The lowest BCUT2D eigenvalue weighted by Gasteiger charge is -2.19. The molecular formula is C17H20FN3O2S. The molecule has 1 aromatic heterocycles. The normalized spacial score (nSPS) is 11.3. The van der Waals surface area contributed by atoms with Gasteiger partial charge < -0.3 is 4.74 Å². The van der Waals surface area contributed by atoms with E-state index in [0.717, 1.165) is 5.56 Å². The third-order valence-corrected chi connectivity index (χ3v) is 3.81. The van der Waals surface area contributed by atoms with Gasteiger partial charge in [0.1, 0.15) is 11.4 Å². The van der Waals surface area contributed by atoms with Crippen LogP contribution in [0.3, 0.4) is 0 Å². The summed E-state index contributed by atoms with van der Waals surface area (Å²) in [7, 11) is 0. The molecular weight excluding hydrogens is 329 g/mol. The van der Waals surface area contributed by atoms with Gasteiger partial charge in [0.25, 0.3) is 0 Å². The van der Waals surface area contributed by atoms with Crippen LogP contribution in [0.4, 0.5) is 4.39 Å². The molecule has 24 heavy (non-hydrogen) atoms. The lowest BCUT2D eigenvalue weighted by molar-refractivity contribution is -0.151. The summed E-state index contributed by atoms with van der Waals surface area (Å²) >= 11 is 1.25. The number of esters is 1. The smallest absolute Gasteiger partial charge is 0.316 e. The van der Waals surface area contributed by atoms with Crippen LogP contribution in [0, 0.1) is 5.82 Å². The summed E-state index contributed by atoms with van der Waals surface area (Å²) in [5.41, 5.74) is 0.223. The average Bonchev–Trinajstić information content (AvgIpc) is 2.88. The number of carbonyl (C=O) groups is 1. The second-order valence-electron chi connectivity index (χ2n) is 6.09. The van der Waals surface area contributed by atoms with Crippen molar-refractivity contribution in [2.24, 2.45) is 0 Å². The molecule has 0 aliphatic heterocycles. The van der Waals surface area contributed by atoms with Crippen molar-refractivity contribution < 1.29 is 13.9 Å². The average molecular weight is 349 g/mol. The molecule has 5 nitrogen and oxygen atoms in total. The summed E-state index contributed by atoms with van der Waals surface area (Å²) in [6.07, 6.45) is 1.72. The minimum Gasteiger partial charge on any atom is -0.459 e. The number of hydrogen-bond donors (Lipinski definition) is 0. The van der Waals surface area contributed by atoms with E-state index < -0.39 is 5.60 Å². The number of rotatable bonds is 6. The van der Waals surface area contributed by atoms with E-state index in [1.807, 2.05) is 25.3 Å². The number of halogens is 1. The van der Waals surface area contributed by atoms with Gasteiger partial charge in [-0.2, -0.15) is 0 Å². The van der Waals surface area contributed by atoms with Crippen LogP contribution in [0.5, 0.6) is 0 Å². The highest BCUT2D eigenvalue weighted by Gasteiger charge is 2.19. The molecule has 0 bridgehead atoms. The maximum absolute atomic E-state index is 13.1. The fraction of sp³-hybridized carbons (Fsp3) is 0.353. The first-order chi connectivity index (χ1) is 11.3. The van der Waals surface area contributed by atoms with Gasteiger partial charge in [0.2, 0.25) is 0 Å². The van der Waals surface area contributed by atoms with Gasteiger partial charge >= 0.3 is 5.97 Å². The minimum atomic E-state index is -0.522. The van der Waals surface area contributed by atoms with Crippen molar-refractivity contribution in [2.45, 2.75) is 38.1 Å². The molecule has 7 heteroatoms. The summed E-state index contributed by atoms with van der Waals surface area (Å²) < 4.78 is 20.2. The number of ether oxygens (including phenoxy) is 1. The van der Waals surface area contributed by atoms with Crippen molar-refractivity contribution >= 4 is 17.7 Å². The van der Waals surface area contributed by atoms with E-state index in [0.29, 0.717) is 17.5 Å². The molecule has 0 aliphatic carbocycles. The number of thioether (sulfide) groups is 1. The molecule has 0 fully saturated rings. The summed E-state index contributed by atoms with van der Waals surface area (Å²) in [6, 6.07) is 6.02. The Kier molecular flexibility index (Phi) is 5.77. The third-order valence-electron chi connectivity index (χ3n) is 2.87. The number of nitrogens with zero attached hydrogens (tertiary/aromatic N) is 3. The predicted octanol–water partition coefficient (Wildman–Crippen LogP) is 3.70. The van der Waals surface area contributed by atoms with Crippen molar-refractivity contribution in [2.75, 3.05) is 5.75 Å². The van der Waals surface area contributed by atoms with E-state index in [1.165, 1.54) is 23.9 Å². The van der Waals surface area contributed by atoms with Gasteiger partial charge in [0, 0.05) is 12.1 Å². The Morgan fingerprint density at radius 2 is 2.00 bits per heavy atom. The highest BCUT2D eigenvalue weighted by Crippen LogP contribution is 2.24. The van der Waals surface area contributed by atoms with Crippen LogP contribution in [-0.4, -0.2) is 32.1 Å². The molecule has 2 rings (SSSR count). The number of benzene rings is 1. The lowest BCUT2D eigenvalue weighted by atomic mass is 10.2. The number of allylic oxidation sites excluding steroid dienone is 1. The monoisotopic (exact) mass is 349 g/mol. The first kappa shape index (κ1) is 18.2. The predicted molar refractivity (Wildman–Crippen MR) is 92.2 cm³/mol. The Bertz CT molecular complexity index is 720. The lowest BCUT2D eigenvalue weighted by Crippen LogP contribution is -2.25. The Hall–Kier alpha value is -2.15. The SMILES string of the molecule is C=CCn1c(SCC(=O)OC(C)(C)C)nnc1-c1ccc(F)cc1. The molecule has 0 spiro atoms. The fourth-order valence-electron chi connectivity index (χ4n) is 2.00. The maximum Gasteiger partial charge on any atom is 0.316 e. The highest BCUT2D eigenvalue weighted by atomic mass is 32.2. The largest absolute Gasteiger partial charge is 0.459 e. The Labute approximate surface area is 144 Å². The Morgan fingerprint density at radius 1 is 1.33 bits per heavy atom. The standard InChI is InChI=1S/C17H20FN3O2S/c1-5-10-21-15(12-6-8-13(18)9-7-12)19-20-16(21)24-11-14(22)23-17(2,3)4/h5-9H,1,10-11H2,2-4H3. The van der Waals surface area contributed by atoms with E-state index >= 15 is 0 Å². The van der Waals surface area contributed by atoms with E-state index in [1.54, 1.807) is 18.2 Å². The van der Waals surface area contributed by atoms with E-state index in [4.69, 9.17) is 4.74 Å². The van der Waals surface area contributed by atoms with Crippen LogP contribution in [0.15, 0.2) is 42.1 Å². The van der Waals surface area contributed by atoms with Gasteiger partial charge in [-0.15, -0.1) is 16.8 Å². The molecule has 2 aromatic rings. The van der Waals surface area contributed by atoms with Gasteiger partial charge in [0.15, 0.2) is 11.0 Å². The van der Waals surface area contributed by atoms with Crippen molar-refractivity contribution in [1.29, 1.82) is 0 Å². The fourth-order valence-corrected chi connectivity index (χ4v) is 2.72. The molecule has 0 aliphatic rings. The number of hydrogen-bond acceptors (Lipinski definition) is 5. The molecule has 0 unspecified atom stereocenters. The summed E-state index contributed by atoms with van der Waals surface area (Å²) in [4.78, 5) is 11.9. The zero-order valence-corrected chi connectivity index (χ0v) is 14.8. The molecule has 0 N–H and O–H groups in total. The van der Waals surface area contributed by atoms with Crippen molar-refractivity contribution in [3.05, 3.63) is 42.7 Å². The number of carbonyl (C=O) groups excluding carboxylic acids is 1. The molecule has 0 radical (unpaired) electrons. The zero-order chi connectivity index (χ0) is 17.7. The molecule has 1 heterocycles. The Morgan fingerprint density at radius 3 is 2.58 bits per heavy atom. The van der Waals surface area contributed by atoms with Gasteiger partial charge in [-0.25, -0.2) is 4.39 Å². The van der Waals surface area contributed by atoms with E-state index in [2.05, 4.69) is 16.8 Å². The first-order valence-electron chi connectivity index (χ1n) is 7.45. The van der Waals surface area contributed by atoms with Crippen LogP contribution < -0.4 is 0 Å². The van der Waals surface area contributed by atoms with E-state index in [9.17, 15) is 9.18 Å². The van der Waals surface area contributed by atoms with Gasteiger partial charge in [-0.1, -0.05) is 17.8 Å². The Balaban J connectivity index is 2.17. The first-order valence-corrected chi connectivity index (χ1v) is 8.43. The van der Waals surface area contributed by atoms with Gasteiger partial charge in [0.05, 0.1) is 5.75 Å².